The monoisotopic (exact) mass is 161 g/mol. The first-order valence-electron chi connectivity index (χ1n) is 4.70. The molecule has 1 nitrogen and oxygen atoms in total. The lowest BCUT2D eigenvalue weighted by Gasteiger charge is -2.22. The number of nitrogens with zero attached hydrogens (tertiary/aromatic N) is 1. The summed E-state index contributed by atoms with van der Waals surface area (Å²) in [6.07, 6.45) is 5.57. The summed E-state index contributed by atoms with van der Waals surface area (Å²) >= 11 is 0. The van der Waals surface area contributed by atoms with Crippen LogP contribution < -0.4 is 0 Å². The Labute approximate surface area is 73.8 Å². The zero-order valence-electron chi connectivity index (χ0n) is 7.80. The Balaban J connectivity index is 2.49. The molecule has 64 valence electrons. The molecule has 1 heteroatoms. The fourth-order valence-electron chi connectivity index (χ4n) is 2.08. The average molecular weight is 161 g/mol. The fourth-order valence-corrected chi connectivity index (χ4v) is 2.08. The quantitative estimate of drug-likeness (QED) is 0.617. The predicted octanol–water partition coefficient (Wildman–Crippen LogP) is 2.70. The molecule has 1 aliphatic carbocycles. The standard InChI is InChI=1S/C11H15N/c1-3-11(2)7-6-10-9(11)5-4-8-12-10/h4-5,8H,3,6-7H2,1-2H3. The van der Waals surface area contributed by atoms with Crippen LogP contribution in [0, 0.1) is 0 Å². The summed E-state index contributed by atoms with van der Waals surface area (Å²) in [4.78, 5) is 4.40. The van der Waals surface area contributed by atoms with Crippen LogP contribution in [0.5, 0.6) is 0 Å². The van der Waals surface area contributed by atoms with Gasteiger partial charge < -0.3 is 0 Å². The Morgan fingerprint density at radius 1 is 1.58 bits per heavy atom. The van der Waals surface area contributed by atoms with E-state index in [0.717, 1.165) is 0 Å². The minimum atomic E-state index is 0.406. The molecule has 0 bridgehead atoms. The molecule has 0 radical (unpaired) electrons. The van der Waals surface area contributed by atoms with Gasteiger partial charge in [0.25, 0.3) is 0 Å². The largest absolute Gasteiger partial charge is 0.261 e. The summed E-state index contributed by atoms with van der Waals surface area (Å²) in [5.41, 5.74) is 3.21. The van der Waals surface area contributed by atoms with Crippen LogP contribution in [0.4, 0.5) is 0 Å². The van der Waals surface area contributed by atoms with Crippen LogP contribution in [-0.4, -0.2) is 4.98 Å². The Kier molecular flexibility index (Phi) is 1.67. The van der Waals surface area contributed by atoms with Gasteiger partial charge in [0.2, 0.25) is 0 Å². The number of hydrogen-bond donors (Lipinski definition) is 0. The van der Waals surface area contributed by atoms with Crippen molar-refractivity contribution < 1.29 is 0 Å². The van der Waals surface area contributed by atoms with Gasteiger partial charge in [-0.05, 0) is 36.3 Å². The van der Waals surface area contributed by atoms with Gasteiger partial charge in [-0.2, -0.15) is 0 Å². The van der Waals surface area contributed by atoms with Gasteiger partial charge >= 0.3 is 0 Å². The number of fused-ring (bicyclic) bond motifs is 1. The maximum Gasteiger partial charge on any atom is 0.0441 e. The third-order valence-corrected chi connectivity index (χ3v) is 3.23. The zero-order valence-corrected chi connectivity index (χ0v) is 7.80. The van der Waals surface area contributed by atoms with E-state index >= 15 is 0 Å². The molecule has 12 heavy (non-hydrogen) atoms. The third-order valence-electron chi connectivity index (χ3n) is 3.23. The first kappa shape index (κ1) is 7.78. The van der Waals surface area contributed by atoms with Crippen molar-refractivity contribution in [3.05, 3.63) is 29.6 Å². The highest BCUT2D eigenvalue weighted by Crippen LogP contribution is 2.39. The Morgan fingerprint density at radius 2 is 2.42 bits per heavy atom. The lowest BCUT2D eigenvalue weighted by atomic mass is 9.82. The summed E-state index contributed by atoms with van der Waals surface area (Å²) in [5, 5.41) is 0. The van der Waals surface area contributed by atoms with E-state index in [-0.39, 0.29) is 0 Å². The van der Waals surface area contributed by atoms with E-state index in [1.54, 1.807) is 0 Å². The van der Waals surface area contributed by atoms with Crippen molar-refractivity contribution >= 4 is 0 Å². The number of aryl methyl sites for hydroxylation is 1. The Bertz CT molecular complexity index is 293. The molecule has 0 fully saturated rings. The summed E-state index contributed by atoms with van der Waals surface area (Å²) in [7, 11) is 0. The summed E-state index contributed by atoms with van der Waals surface area (Å²) < 4.78 is 0. The summed E-state index contributed by atoms with van der Waals surface area (Å²) in [5.74, 6) is 0. The highest BCUT2D eigenvalue weighted by Gasteiger charge is 2.32. The minimum absolute atomic E-state index is 0.406. The second kappa shape index (κ2) is 2.58. The van der Waals surface area contributed by atoms with E-state index < -0.39 is 0 Å². The maximum atomic E-state index is 4.40. The molecule has 0 aliphatic heterocycles. The van der Waals surface area contributed by atoms with Crippen LogP contribution in [-0.2, 0) is 11.8 Å². The lowest BCUT2D eigenvalue weighted by molar-refractivity contribution is 0.453. The second-order valence-electron chi connectivity index (χ2n) is 3.91. The minimum Gasteiger partial charge on any atom is -0.261 e. The van der Waals surface area contributed by atoms with Gasteiger partial charge in [-0.15, -0.1) is 0 Å². The number of rotatable bonds is 1. The van der Waals surface area contributed by atoms with E-state index in [1.165, 1.54) is 30.5 Å². The molecule has 0 saturated heterocycles. The molecule has 0 saturated carbocycles. The maximum absolute atomic E-state index is 4.40. The third kappa shape index (κ3) is 0.961. The normalized spacial score (nSPS) is 27.2. The fraction of sp³-hybridized carbons (Fsp3) is 0.545. The molecule has 1 aromatic heterocycles. The van der Waals surface area contributed by atoms with Crippen molar-refractivity contribution in [2.24, 2.45) is 0 Å². The highest BCUT2D eigenvalue weighted by atomic mass is 14.7. The van der Waals surface area contributed by atoms with E-state index in [1.807, 2.05) is 6.20 Å². The molecule has 0 amide bonds. The van der Waals surface area contributed by atoms with E-state index in [2.05, 4.69) is 31.0 Å². The Hall–Kier alpha value is -0.850. The summed E-state index contributed by atoms with van der Waals surface area (Å²) in [6, 6.07) is 4.29. The first-order valence-corrected chi connectivity index (χ1v) is 4.70. The second-order valence-corrected chi connectivity index (χ2v) is 3.91. The van der Waals surface area contributed by atoms with Crippen molar-refractivity contribution in [3.63, 3.8) is 0 Å². The van der Waals surface area contributed by atoms with Gasteiger partial charge in [0, 0.05) is 11.9 Å². The molecular weight excluding hydrogens is 146 g/mol. The van der Waals surface area contributed by atoms with Crippen molar-refractivity contribution in [1.29, 1.82) is 0 Å². The number of hydrogen-bond acceptors (Lipinski definition) is 1. The Morgan fingerprint density at radius 3 is 3.17 bits per heavy atom. The van der Waals surface area contributed by atoms with Gasteiger partial charge in [0.1, 0.15) is 0 Å². The van der Waals surface area contributed by atoms with Crippen molar-refractivity contribution in [3.8, 4) is 0 Å². The average Bonchev–Trinajstić information content (AvgIpc) is 2.46. The smallest absolute Gasteiger partial charge is 0.0441 e. The molecule has 1 aliphatic rings. The molecular formula is C11H15N. The van der Waals surface area contributed by atoms with Gasteiger partial charge in [-0.25, -0.2) is 0 Å². The molecule has 0 aromatic carbocycles. The van der Waals surface area contributed by atoms with Gasteiger partial charge in [0.05, 0.1) is 0 Å². The van der Waals surface area contributed by atoms with Crippen LogP contribution in [0.3, 0.4) is 0 Å². The zero-order chi connectivity index (χ0) is 8.60. The first-order chi connectivity index (χ1) is 5.76. The van der Waals surface area contributed by atoms with Gasteiger partial charge in [-0.1, -0.05) is 19.9 Å². The molecule has 2 rings (SSSR count). The SMILES string of the molecule is CCC1(C)CCc2ncccc21. The van der Waals surface area contributed by atoms with Gasteiger partial charge in [0.15, 0.2) is 0 Å². The van der Waals surface area contributed by atoms with E-state index in [4.69, 9.17) is 0 Å². The van der Waals surface area contributed by atoms with E-state index in [9.17, 15) is 0 Å². The van der Waals surface area contributed by atoms with Crippen LogP contribution in [0.15, 0.2) is 18.3 Å². The van der Waals surface area contributed by atoms with Crippen molar-refractivity contribution in [2.75, 3.05) is 0 Å². The lowest BCUT2D eigenvalue weighted by Crippen LogP contribution is -2.16. The van der Waals surface area contributed by atoms with Crippen LogP contribution >= 0.6 is 0 Å². The van der Waals surface area contributed by atoms with Crippen LogP contribution in [0.2, 0.25) is 0 Å². The van der Waals surface area contributed by atoms with Crippen molar-refractivity contribution in [1.82, 2.24) is 4.98 Å². The van der Waals surface area contributed by atoms with Gasteiger partial charge in [-0.3, -0.25) is 4.98 Å². The molecule has 0 spiro atoms. The molecule has 1 aromatic rings. The topological polar surface area (TPSA) is 12.9 Å². The highest BCUT2D eigenvalue weighted by molar-refractivity contribution is 5.33. The molecule has 1 unspecified atom stereocenters. The van der Waals surface area contributed by atoms with E-state index in [0.29, 0.717) is 5.41 Å². The molecule has 1 atom stereocenters. The van der Waals surface area contributed by atoms with Crippen LogP contribution in [0.1, 0.15) is 37.9 Å². The van der Waals surface area contributed by atoms with Crippen molar-refractivity contribution in [2.45, 2.75) is 38.5 Å². The summed E-state index contributed by atoms with van der Waals surface area (Å²) in [6.45, 7) is 4.61. The predicted molar refractivity (Wildman–Crippen MR) is 50.2 cm³/mol. The van der Waals surface area contributed by atoms with Crippen LogP contribution in [0.25, 0.3) is 0 Å². The molecule has 0 N–H and O–H groups in total. The molecule has 1 heterocycles. The number of pyridine rings is 1. The number of aromatic nitrogens is 1.